The number of nitrogens with zero attached hydrogens (tertiary/aromatic N) is 2. The lowest BCUT2D eigenvalue weighted by molar-refractivity contribution is -0.124. The lowest BCUT2D eigenvalue weighted by Crippen LogP contribution is -2.41. The SMILES string of the molecule is Cl.Cl.NC(=O)C1CCN(c2ncccc2CNC(=O)C2CC(F)(F)CN2)CC1. The summed E-state index contributed by atoms with van der Waals surface area (Å²) < 4.78 is 26.4. The highest BCUT2D eigenvalue weighted by molar-refractivity contribution is 5.85. The van der Waals surface area contributed by atoms with Crippen LogP contribution in [0.25, 0.3) is 0 Å². The first kappa shape index (κ1) is 24.3. The monoisotopic (exact) mass is 439 g/mol. The van der Waals surface area contributed by atoms with E-state index in [0.717, 1.165) is 11.4 Å². The molecular weight excluding hydrogens is 415 g/mol. The van der Waals surface area contributed by atoms with Gasteiger partial charge in [0.25, 0.3) is 5.92 Å². The molecule has 2 fully saturated rings. The minimum absolute atomic E-state index is 0. The maximum absolute atomic E-state index is 13.2. The van der Waals surface area contributed by atoms with Crippen LogP contribution in [-0.4, -0.2) is 48.4 Å². The molecule has 3 heterocycles. The van der Waals surface area contributed by atoms with E-state index in [9.17, 15) is 18.4 Å². The van der Waals surface area contributed by atoms with Gasteiger partial charge in [-0.05, 0) is 18.9 Å². The Bertz CT molecular complexity index is 687. The van der Waals surface area contributed by atoms with Crippen LogP contribution in [-0.2, 0) is 16.1 Å². The van der Waals surface area contributed by atoms with Gasteiger partial charge >= 0.3 is 0 Å². The number of nitrogens with two attached hydrogens (primary N) is 1. The number of halogens is 4. The first-order valence-corrected chi connectivity index (χ1v) is 8.73. The van der Waals surface area contributed by atoms with Crippen molar-refractivity contribution < 1.29 is 18.4 Å². The Balaban J connectivity index is 0.00000196. The van der Waals surface area contributed by atoms with Crippen molar-refractivity contribution in [3.63, 3.8) is 0 Å². The van der Waals surface area contributed by atoms with Crippen LogP contribution in [0.4, 0.5) is 14.6 Å². The number of nitrogens with one attached hydrogen (secondary N) is 2. The van der Waals surface area contributed by atoms with Gasteiger partial charge in [0.15, 0.2) is 0 Å². The number of hydrogen-bond donors (Lipinski definition) is 3. The molecule has 0 bridgehead atoms. The number of rotatable bonds is 5. The van der Waals surface area contributed by atoms with Gasteiger partial charge in [0.1, 0.15) is 5.82 Å². The second-order valence-electron chi connectivity index (χ2n) is 6.86. The molecule has 1 aromatic rings. The van der Waals surface area contributed by atoms with Gasteiger partial charge < -0.3 is 16.0 Å². The van der Waals surface area contributed by atoms with Crippen molar-refractivity contribution in [3.05, 3.63) is 23.9 Å². The number of carbonyl (C=O) groups is 2. The van der Waals surface area contributed by atoms with Crippen LogP contribution >= 0.6 is 24.8 Å². The molecule has 0 saturated carbocycles. The highest BCUT2D eigenvalue weighted by Gasteiger charge is 2.42. The van der Waals surface area contributed by atoms with Crippen LogP contribution < -0.4 is 21.3 Å². The Labute approximate surface area is 174 Å². The predicted octanol–water partition coefficient (Wildman–Crippen LogP) is 1.24. The molecule has 2 aliphatic rings. The van der Waals surface area contributed by atoms with Crippen LogP contribution in [0, 0.1) is 5.92 Å². The fourth-order valence-corrected chi connectivity index (χ4v) is 3.44. The number of piperidine rings is 1. The molecular formula is C17H25Cl2F2N5O2. The highest BCUT2D eigenvalue weighted by atomic mass is 35.5. The second kappa shape index (κ2) is 10.2. The Morgan fingerprint density at radius 1 is 1.32 bits per heavy atom. The van der Waals surface area contributed by atoms with Crippen molar-refractivity contribution in [2.45, 2.75) is 37.8 Å². The number of aromatic nitrogens is 1. The third-order valence-electron chi connectivity index (χ3n) is 4.94. The molecule has 2 saturated heterocycles. The average Bonchev–Trinajstić information content (AvgIpc) is 3.00. The zero-order valence-corrected chi connectivity index (χ0v) is 16.8. The fourth-order valence-electron chi connectivity index (χ4n) is 3.44. The van der Waals surface area contributed by atoms with E-state index < -0.39 is 30.8 Å². The fraction of sp³-hybridized carbons (Fsp3) is 0.588. The number of pyridine rings is 1. The molecule has 0 aliphatic carbocycles. The second-order valence-corrected chi connectivity index (χ2v) is 6.86. The molecule has 4 N–H and O–H groups in total. The summed E-state index contributed by atoms with van der Waals surface area (Å²) in [6, 6.07) is 2.74. The minimum Gasteiger partial charge on any atom is -0.369 e. The van der Waals surface area contributed by atoms with Crippen LogP contribution in [0.2, 0.25) is 0 Å². The van der Waals surface area contributed by atoms with Crippen LogP contribution in [0.15, 0.2) is 18.3 Å². The Morgan fingerprint density at radius 2 is 2.00 bits per heavy atom. The van der Waals surface area contributed by atoms with E-state index in [0.29, 0.717) is 25.9 Å². The molecule has 28 heavy (non-hydrogen) atoms. The maximum atomic E-state index is 13.2. The number of hydrogen-bond acceptors (Lipinski definition) is 5. The first-order chi connectivity index (χ1) is 12.4. The molecule has 3 rings (SSSR count). The van der Waals surface area contributed by atoms with E-state index in [4.69, 9.17) is 5.73 Å². The van der Waals surface area contributed by atoms with Crippen molar-refractivity contribution in [1.82, 2.24) is 15.6 Å². The van der Waals surface area contributed by atoms with Gasteiger partial charge in [-0.25, -0.2) is 13.8 Å². The van der Waals surface area contributed by atoms with E-state index in [2.05, 4.69) is 20.5 Å². The van der Waals surface area contributed by atoms with Gasteiger partial charge in [-0.3, -0.25) is 14.9 Å². The minimum atomic E-state index is -2.84. The number of amides is 2. The molecule has 0 radical (unpaired) electrons. The van der Waals surface area contributed by atoms with Crippen molar-refractivity contribution in [1.29, 1.82) is 0 Å². The Hall–Kier alpha value is -1.71. The topological polar surface area (TPSA) is 100 Å². The van der Waals surface area contributed by atoms with Gasteiger partial charge in [-0.1, -0.05) is 6.07 Å². The zero-order chi connectivity index (χ0) is 18.7. The predicted molar refractivity (Wildman–Crippen MR) is 106 cm³/mol. The summed E-state index contributed by atoms with van der Waals surface area (Å²) in [5.74, 6) is -2.94. The molecule has 1 unspecified atom stereocenters. The third-order valence-corrected chi connectivity index (χ3v) is 4.94. The van der Waals surface area contributed by atoms with Gasteiger partial charge in [0, 0.05) is 43.7 Å². The molecule has 1 atom stereocenters. The molecule has 11 heteroatoms. The standard InChI is InChI=1S/C17H23F2N5O2.2ClH/c18-17(19)8-13(23-10-17)16(26)22-9-12-2-1-5-21-15(12)24-6-3-11(4-7-24)14(20)25;;/h1-2,5,11,13,23H,3-4,6-10H2,(H2,20,25)(H,22,26);2*1H. The van der Waals surface area contributed by atoms with Gasteiger partial charge in [0.2, 0.25) is 11.8 Å². The maximum Gasteiger partial charge on any atom is 0.262 e. The average molecular weight is 440 g/mol. The first-order valence-electron chi connectivity index (χ1n) is 8.73. The van der Waals surface area contributed by atoms with E-state index >= 15 is 0 Å². The molecule has 0 aromatic carbocycles. The van der Waals surface area contributed by atoms with E-state index in [1.54, 1.807) is 12.3 Å². The van der Waals surface area contributed by atoms with E-state index in [1.165, 1.54) is 0 Å². The van der Waals surface area contributed by atoms with Gasteiger partial charge in [-0.2, -0.15) is 0 Å². The van der Waals surface area contributed by atoms with Crippen molar-refractivity contribution >= 4 is 42.4 Å². The lowest BCUT2D eigenvalue weighted by Gasteiger charge is -2.32. The Morgan fingerprint density at radius 3 is 2.57 bits per heavy atom. The molecule has 1 aromatic heterocycles. The van der Waals surface area contributed by atoms with Crippen LogP contribution in [0.1, 0.15) is 24.8 Å². The van der Waals surface area contributed by atoms with Crippen LogP contribution in [0.3, 0.4) is 0 Å². The third kappa shape index (κ3) is 5.89. The largest absolute Gasteiger partial charge is 0.369 e. The normalized spacial score (nSPS) is 21.4. The summed E-state index contributed by atoms with van der Waals surface area (Å²) in [6.45, 7) is 1.05. The lowest BCUT2D eigenvalue weighted by atomic mass is 9.96. The smallest absolute Gasteiger partial charge is 0.262 e. The molecule has 0 spiro atoms. The van der Waals surface area contributed by atoms with Crippen molar-refractivity contribution in [3.8, 4) is 0 Å². The number of primary amides is 1. The summed E-state index contributed by atoms with van der Waals surface area (Å²) in [7, 11) is 0. The molecule has 2 aliphatic heterocycles. The molecule has 2 amide bonds. The van der Waals surface area contributed by atoms with Crippen LogP contribution in [0.5, 0.6) is 0 Å². The molecule has 158 valence electrons. The summed E-state index contributed by atoms with van der Waals surface area (Å²) in [5, 5.41) is 5.25. The quantitative estimate of drug-likeness (QED) is 0.640. The highest BCUT2D eigenvalue weighted by Crippen LogP contribution is 2.26. The van der Waals surface area contributed by atoms with E-state index in [-0.39, 0.29) is 43.2 Å². The Kier molecular flexibility index (Phi) is 8.84. The summed E-state index contributed by atoms with van der Waals surface area (Å²) >= 11 is 0. The number of anilines is 1. The van der Waals surface area contributed by atoms with E-state index in [1.807, 2.05) is 6.07 Å². The van der Waals surface area contributed by atoms with Crippen molar-refractivity contribution in [2.75, 3.05) is 24.5 Å². The summed E-state index contributed by atoms with van der Waals surface area (Å²) in [5.41, 5.74) is 6.17. The zero-order valence-electron chi connectivity index (χ0n) is 15.2. The number of carbonyl (C=O) groups excluding carboxylic acids is 2. The van der Waals surface area contributed by atoms with Gasteiger partial charge in [-0.15, -0.1) is 24.8 Å². The van der Waals surface area contributed by atoms with Crippen molar-refractivity contribution in [2.24, 2.45) is 11.7 Å². The molecule has 7 nitrogen and oxygen atoms in total. The summed E-state index contributed by atoms with van der Waals surface area (Å²) in [6.07, 6.45) is 2.51. The van der Waals surface area contributed by atoms with Gasteiger partial charge in [0.05, 0.1) is 12.6 Å². The number of alkyl halides is 2. The summed E-state index contributed by atoms with van der Waals surface area (Å²) in [4.78, 5) is 29.9.